The van der Waals surface area contributed by atoms with Gasteiger partial charge in [-0.3, -0.25) is 20.0 Å². The number of carbonyl (C=O) groups excluding carboxylic acids is 1. The van der Waals surface area contributed by atoms with Gasteiger partial charge in [-0.05, 0) is 30.3 Å². The summed E-state index contributed by atoms with van der Waals surface area (Å²) in [5.41, 5.74) is 1.26. The van der Waals surface area contributed by atoms with Crippen LogP contribution in [0.15, 0.2) is 48.5 Å². The monoisotopic (exact) mass is 368 g/mol. The molecule has 0 aliphatic heterocycles. The van der Waals surface area contributed by atoms with Gasteiger partial charge in [-0.25, -0.2) is 0 Å². The van der Waals surface area contributed by atoms with Crippen molar-refractivity contribution < 1.29 is 19.2 Å². The number of anilines is 1. The Bertz CT molecular complexity index is 999. The summed E-state index contributed by atoms with van der Waals surface area (Å²) in [6.07, 6.45) is 0. The number of benzene rings is 2. The number of amides is 1. The van der Waals surface area contributed by atoms with E-state index in [0.717, 1.165) is 5.56 Å². The van der Waals surface area contributed by atoms with Crippen LogP contribution in [0.5, 0.6) is 11.5 Å². The average Bonchev–Trinajstić information content (AvgIpc) is 3.18. The number of nitrogens with one attached hydrogen (secondary N) is 2. The van der Waals surface area contributed by atoms with Gasteiger partial charge in [0.15, 0.2) is 0 Å². The molecule has 138 valence electrons. The van der Waals surface area contributed by atoms with Crippen molar-refractivity contribution in [2.45, 2.75) is 0 Å². The van der Waals surface area contributed by atoms with Crippen LogP contribution in [0.4, 0.5) is 11.4 Å². The van der Waals surface area contributed by atoms with Crippen molar-refractivity contribution in [3.63, 3.8) is 0 Å². The number of rotatable bonds is 6. The summed E-state index contributed by atoms with van der Waals surface area (Å²) in [5.74, 6) is 0.432. The van der Waals surface area contributed by atoms with Crippen molar-refractivity contribution in [3.05, 3.63) is 64.3 Å². The van der Waals surface area contributed by atoms with E-state index in [9.17, 15) is 14.9 Å². The van der Waals surface area contributed by atoms with Gasteiger partial charge >= 0.3 is 0 Å². The van der Waals surface area contributed by atoms with E-state index in [4.69, 9.17) is 9.47 Å². The summed E-state index contributed by atoms with van der Waals surface area (Å²) in [6, 6.07) is 13.0. The number of aromatic nitrogens is 2. The predicted molar refractivity (Wildman–Crippen MR) is 98.2 cm³/mol. The summed E-state index contributed by atoms with van der Waals surface area (Å²) >= 11 is 0. The van der Waals surface area contributed by atoms with Crippen molar-refractivity contribution >= 4 is 17.3 Å². The van der Waals surface area contributed by atoms with Crippen LogP contribution in [-0.2, 0) is 0 Å². The molecule has 3 aromatic rings. The van der Waals surface area contributed by atoms with Gasteiger partial charge < -0.3 is 14.8 Å². The minimum Gasteiger partial charge on any atom is -0.497 e. The third-order valence-corrected chi connectivity index (χ3v) is 3.84. The molecule has 0 unspecified atom stereocenters. The number of H-pyrrole nitrogens is 1. The number of ether oxygens (including phenoxy) is 2. The van der Waals surface area contributed by atoms with Gasteiger partial charge in [0.1, 0.15) is 22.9 Å². The summed E-state index contributed by atoms with van der Waals surface area (Å²) < 4.78 is 10.1. The Hall–Kier alpha value is -3.88. The standard InChI is InChI=1S/C18H16N4O5/c1-26-12-5-3-4-11(8-12)15-10-16(21-20-15)18(23)19-14-7-6-13(27-2)9-17(14)22(24)25/h3-10H,1-2H3,(H,19,23)(H,20,21). The molecule has 2 aromatic carbocycles. The molecule has 0 aliphatic rings. The molecule has 3 rings (SSSR count). The van der Waals surface area contributed by atoms with Crippen LogP contribution >= 0.6 is 0 Å². The lowest BCUT2D eigenvalue weighted by Crippen LogP contribution is -2.13. The van der Waals surface area contributed by atoms with Crippen molar-refractivity contribution in [3.8, 4) is 22.8 Å². The Balaban J connectivity index is 1.83. The number of carbonyl (C=O) groups is 1. The Morgan fingerprint density at radius 3 is 2.56 bits per heavy atom. The Labute approximate surface area is 154 Å². The summed E-state index contributed by atoms with van der Waals surface area (Å²) in [6.45, 7) is 0. The van der Waals surface area contributed by atoms with Crippen molar-refractivity contribution in [2.24, 2.45) is 0 Å². The van der Waals surface area contributed by atoms with Crippen LogP contribution in [0.25, 0.3) is 11.3 Å². The minimum absolute atomic E-state index is 0.0586. The van der Waals surface area contributed by atoms with Crippen LogP contribution in [-0.4, -0.2) is 35.2 Å². The molecule has 0 fully saturated rings. The van der Waals surface area contributed by atoms with E-state index in [1.807, 2.05) is 12.1 Å². The highest BCUT2D eigenvalue weighted by Gasteiger charge is 2.19. The van der Waals surface area contributed by atoms with E-state index in [-0.39, 0.29) is 17.1 Å². The zero-order chi connectivity index (χ0) is 19.4. The zero-order valence-electron chi connectivity index (χ0n) is 14.6. The first-order chi connectivity index (χ1) is 13.0. The maximum absolute atomic E-state index is 12.5. The smallest absolute Gasteiger partial charge is 0.296 e. The third kappa shape index (κ3) is 3.87. The number of nitro groups is 1. The van der Waals surface area contributed by atoms with Crippen molar-refractivity contribution in [1.82, 2.24) is 10.2 Å². The zero-order valence-corrected chi connectivity index (χ0v) is 14.6. The number of nitrogens with zero attached hydrogens (tertiary/aromatic N) is 2. The van der Waals surface area contributed by atoms with Crippen molar-refractivity contribution in [2.75, 3.05) is 19.5 Å². The Morgan fingerprint density at radius 2 is 1.85 bits per heavy atom. The fourth-order valence-corrected chi connectivity index (χ4v) is 2.45. The van der Waals surface area contributed by atoms with E-state index in [2.05, 4.69) is 15.5 Å². The summed E-state index contributed by atoms with van der Waals surface area (Å²) in [7, 11) is 2.96. The lowest BCUT2D eigenvalue weighted by Gasteiger charge is -2.06. The third-order valence-electron chi connectivity index (χ3n) is 3.84. The lowest BCUT2D eigenvalue weighted by molar-refractivity contribution is -0.384. The van der Waals surface area contributed by atoms with Gasteiger partial charge in [-0.1, -0.05) is 12.1 Å². The van der Waals surface area contributed by atoms with E-state index in [0.29, 0.717) is 17.2 Å². The molecule has 1 heterocycles. The highest BCUT2D eigenvalue weighted by molar-refractivity contribution is 6.04. The Morgan fingerprint density at radius 1 is 1.11 bits per heavy atom. The average molecular weight is 368 g/mol. The van der Waals surface area contributed by atoms with E-state index in [1.54, 1.807) is 25.3 Å². The SMILES string of the molecule is COc1cccc(-c2cc(C(=O)Nc3ccc(OC)cc3[N+](=O)[O-])[nH]n2)c1. The van der Waals surface area contributed by atoms with Crippen LogP contribution in [0.2, 0.25) is 0 Å². The molecule has 9 nitrogen and oxygen atoms in total. The van der Waals surface area contributed by atoms with E-state index in [1.165, 1.54) is 25.3 Å². The molecule has 27 heavy (non-hydrogen) atoms. The normalized spacial score (nSPS) is 10.3. The molecular weight excluding hydrogens is 352 g/mol. The van der Waals surface area contributed by atoms with Crippen molar-refractivity contribution in [1.29, 1.82) is 0 Å². The quantitative estimate of drug-likeness (QED) is 0.509. The molecule has 1 amide bonds. The first-order valence-electron chi connectivity index (χ1n) is 7.85. The van der Waals surface area contributed by atoms with Crippen LogP contribution in [0.1, 0.15) is 10.5 Å². The fourth-order valence-electron chi connectivity index (χ4n) is 2.45. The van der Waals surface area contributed by atoms with E-state index >= 15 is 0 Å². The maximum atomic E-state index is 12.5. The molecule has 0 bridgehead atoms. The molecule has 0 spiro atoms. The highest BCUT2D eigenvalue weighted by atomic mass is 16.6. The highest BCUT2D eigenvalue weighted by Crippen LogP contribution is 2.29. The van der Waals surface area contributed by atoms with Gasteiger partial charge in [-0.2, -0.15) is 5.10 Å². The predicted octanol–water partition coefficient (Wildman–Crippen LogP) is 3.25. The summed E-state index contributed by atoms with van der Waals surface area (Å²) in [5, 5.41) is 20.5. The Kier molecular flexibility index (Phi) is 5.02. The first-order valence-corrected chi connectivity index (χ1v) is 7.85. The van der Waals surface area contributed by atoms with Gasteiger partial charge in [0.05, 0.1) is 30.9 Å². The van der Waals surface area contributed by atoms with Gasteiger partial charge in [0, 0.05) is 5.56 Å². The molecule has 0 saturated heterocycles. The molecule has 0 radical (unpaired) electrons. The maximum Gasteiger partial charge on any atom is 0.296 e. The van der Waals surface area contributed by atoms with Crippen LogP contribution in [0.3, 0.4) is 0 Å². The topological polar surface area (TPSA) is 119 Å². The first kappa shape index (κ1) is 17.9. The van der Waals surface area contributed by atoms with Gasteiger partial charge in [-0.15, -0.1) is 0 Å². The second-order valence-corrected chi connectivity index (χ2v) is 5.49. The number of hydrogen-bond acceptors (Lipinski definition) is 6. The van der Waals surface area contributed by atoms with Gasteiger partial charge in [0.25, 0.3) is 11.6 Å². The number of nitro benzene ring substituents is 1. The molecule has 0 saturated carbocycles. The molecule has 1 aromatic heterocycles. The largest absolute Gasteiger partial charge is 0.497 e. The number of methoxy groups -OCH3 is 2. The molecule has 2 N–H and O–H groups in total. The van der Waals surface area contributed by atoms with E-state index < -0.39 is 10.8 Å². The minimum atomic E-state index is -0.591. The molecule has 0 atom stereocenters. The second-order valence-electron chi connectivity index (χ2n) is 5.49. The number of hydrogen-bond donors (Lipinski definition) is 2. The van der Waals surface area contributed by atoms with Gasteiger partial charge in [0.2, 0.25) is 0 Å². The molecule has 0 aliphatic carbocycles. The molecule has 9 heteroatoms. The van der Waals surface area contributed by atoms with Crippen LogP contribution in [0, 0.1) is 10.1 Å². The second kappa shape index (κ2) is 7.56. The molecular formula is C18H16N4O5. The summed E-state index contributed by atoms with van der Waals surface area (Å²) in [4.78, 5) is 23.1. The lowest BCUT2D eigenvalue weighted by atomic mass is 10.1. The van der Waals surface area contributed by atoms with Crippen LogP contribution < -0.4 is 14.8 Å². The fraction of sp³-hybridized carbons (Fsp3) is 0.111. The number of aromatic amines is 1.